The maximum Gasteiger partial charge on any atom is 0.316 e. The first-order valence-corrected chi connectivity index (χ1v) is 5.05. The molecule has 5 nitrogen and oxygen atoms in total. The van der Waals surface area contributed by atoms with Crippen LogP contribution in [-0.4, -0.2) is 24.0 Å². The maximum atomic E-state index is 11.5. The second kappa shape index (κ2) is 3.64. The van der Waals surface area contributed by atoms with Crippen molar-refractivity contribution in [3.05, 3.63) is 22.3 Å². The van der Waals surface area contributed by atoms with Gasteiger partial charge >= 0.3 is 5.97 Å². The van der Waals surface area contributed by atoms with Crippen LogP contribution in [0.3, 0.4) is 0 Å². The summed E-state index contributed by atoms with van der Waals surface area (Å²) < 4.78 is 4.65. The largest absolute Gasteiger partial charge is 0.469 e. The Kier molecular flexibility index (Phi) is 2.46. The lowest BCUT2D eigenvalue weighted by molar-refractivity contribution is -0.542. The van der Waals surface area contributed by atoms with Gasteiger partial charge < -0.3 is 4.74 Å². The zero-order valence-electron chi connectivity index (χ0n) is 8.46. The lowest BCUT2D eigenvalue weighted by Crippen LogP contribution is -2.49. The van der Waals surface area contributed by atoms with E-state index in [1.807, 2.05) is 12.2 Å². The third-order valence-electron chi connectivity index (χ3n) is 3.42. The van der Waals surface area contributed by atoms with E-state index in [0.29, 0.717) is 0 Å². The summed E-state index contributed by atoms with van der Waals surface area (Å²) >= 11 is 0. The van der Waals surface area contributed by atoms with Crippen LogP contribution in [0.2, 0.25) is 0 Å². The Morgan fingerprint density at radius 2 is 2.00 bits per heavy atom. The number of nitro groups is 1. The molecule has 2 bridgehead atoms. The molecule has 0 aliphatic heterocycles. The van der Waals surface area contributed by atoms with Crippen LogP contribution in [0.5, 0.6) is 0 Å². The number of rotatable bonds is 2. The highest BCUT2D eigenvalue weighted by molar-refractivity contribution is 5.74. The van der Waals surface area contributed by atoms with E-state index in [1.54, 1.807) is 0 Å². The molecule has 3 aliphatic rings. The van der Waals surface area contributed by atoms with Crippen LogP contribution in [0.25, 0.3) is 0 Å². The summed E-state index contributed by atoms with van der Waals surface area (Å²) in [6.45, 7) is 0. The van der Waals surface area contributed by atoms with Crippen LogP contribution in [0.15, 0.2) is 12.2 Å². The van der Waals surface area contributed by atoms with Crippen molar-refractivity contribution in [2.75, 3.05) is 7.11 Å². The number of allylic oxidation sites excluding steroid dienone is 1. The van der Waals surface area contributed by atoms with Gasteiger partial charge in [0.1, 0.15) is 5.92 Å². The summed E-state index contributed by atoms with van der Waals surface area (Å²) in [5.74, 6) is -1.16. The standard InChI is InChI=1S/C10H13NO4/c1-15-10(12)8-6-2-4-7(5-3-6)9(8)11(13)14/h2,4,6-9H,3,5H2,1H3/t6?,7?,8-,9-/m0/s1. The summed E-state index contributed by atoms with van der Waals surface area (Å²) in [4.78, 5) is 22.1. The van der Waals surface area contributed by atoms with Gasteiger partial charge in [-0.05, 0) is 18.8 Å². The molecule has 0 radical (unpaired) electrons. The topological polar surface area (TPSA) is 69.4 Å². The molecule has 0 aromatic heterocycles. The Morgan fingerprint density at radius 3 is 2.47 bits per heavy atom. The zero-order chi connectivity index (χ0) is 11.0. The van der Waals surface area contributed by atoms with Gasteiger partial charge in [-0.15, -0.1) is 0 Å². The number of ether oxygens (including phenoxy) is 1. The summed E-state index contributed by atoms with van der Waals surface area (Å²) in [6, 6.07) is -0.791. The SMILES string of the molecule is COC(=O)[C@H]1C2C=CC(CC2)[C@@H]1[N+](=O)[O-]. The van der Waals surface area contributed by atoms with Crippen molar-refractivity contribution in [1.82, 2.24) is 0 Å². The second-order valence-electron chi connectivity index (χ2n) is 4.11. The van der Waals surface area contributed by atoms with Crippen molar-refractivity contribution in [3.8, 4) is 0 Å². The van der Waals surface area contributed by atoms with E-state index >= 15 is 0 Å². The predicted molar refractivity (Wildman–Crippen MR) is 51.6 cm³/mol. The molecule has 4 atom stereocenters. The molecular weight excluding hydrogens is 198 g/mol. The molecule has 0 aromatic carbocycles. The fourth-order valence-corrected chi connectivity index (χ4v) is 2.70. The van der Waals surface area contributed by atoms with Crippen molar-refractivity contribution >= 4 is 5.97 Å². The Morgan fingerprint density at radius 1 is 1.40 bits per heavy atom. The van der Waals surface area contributed by atoms with Crippen LogP contribution in [-0.2, 0) is 9.53 Å². The molecule has 1 fully saturated rings. The van der Waals surface area contributed by atoms with E-state index in [-0.39, 0.29) is 16.8 Å². The first-order valence-electron chi connectivity index (χ1n) is 5.05. The first kappa shape index (κ1) is 10.1. The Hall–Kier alpha value is -1.39. The molecule has 0 N–H and O–H groups in total. The van der Waals surface area contributed by atoms with Gasteiger partial charge in [0.15, 0.2) is 0 Å². The molecule has 82 valence electrons. The number of nitrogens with zero attached hydrogens (tertiary/aromatic N) is 1. The second-order valence-corrected chi connectivity index (χ2v) is 4.11. The highest BCUT2D eigenvalue weighted by Crippen LogP contribution is 2.42. The van der Waals surface area contributed by atoms with Gasteiger partial charge in [0.25, 0.3) is 0 Å². The minimum Gasteiger partial charge on any atom is -0.469 e. The molecular formula is C10H13NO4. The van der Waals surface area contributed by atoms with Crippen molar-refractivity contribution in [2.24, 2.45) is 17.8 Å². The lowest BCUT2D eigenvalue weighted by atomic mass is 9.66. The molecule has 0 amide bonds. The van der Waals surface area contributed by atoms with Crippen LogP contribution >= 0.6 is 0 Å². The number of carbonyl (C=O) groups is 1. The Balaban J connectivity index is 2.30. The molecule has 0 heterocycles. The minimum atomic E-state index is -0.791. The molecule has 0 saturated heterocycles. The molecule has 5 heteroatoms. The maximum absolute atomic E-state index is 11.5. The van der Waals surface area contributed by atoms with E-state index in [0.717, 1.165) is 12.8 Å². The summed E-state index contributed by atoms with van der Waals surface area (Å²) in [7, 11) is 1.28. The van der Waals surface area contributed by atoms with E-state index in [1.165, 1.54) is 7.11 Å². The third kappa shape index (κ3) is 1.52. The number of carbonyl (C=O) groups excluding carboxylic acids is 1. The van der Waals surface area contributed by atoms with E-state index < -0.39 is 17.9 Å². The van der Waals surface area contributed by atoms with Gasteiger partial charge in [-0.25, -0.2) is 0 Å². The number of esters is 1. The highest BCUT2D eigenvalue weighted by Gasteiger charge is 2.52. The fourth-order valence-electron chi connectivity index (χ4n) is 2.70. The van der Waals surface area contributed by atoms with Crippen LogP contribution in [0, 0.1) is 27.9 Å². The number of fused-ring (bicyclic) bond motifs is 2. The van der Waals surface area contributed by atoms with Crippen molar-refractivity contribution in [3.63, 3.8) is 0 Å². The van der Waals surface area contributed by atoms with Crippen molar-refractivity contribution in [1.29, 1.82) is 0 Å². The smallest absolute Gasteiger partial charge is 0.316 e. The number of hydrogen-bond acceptors (Lipinski definition) is 4. The predicted octanol–water partition coefficient (Wildman–Crippen LogP) is 1.02. The van der Waals surface area contributed by atoms with Gasteiger partial charge in [0.05, 0.1) is 7.11 Å². The average Bonchev–Trinajstić information content (AvgIpc) is 2.28. The van der Waals surface area contributed by atoms with E-state index in [9.17, 15) is 14.9 Å². The van der Waals surface area contributed by atoms with E-state index in [2.05, 4.69) is 4.74 Å². The third-order valence-corrected chi connectivity index (χ3v) is 3.42. The van der Waals surface area contributed by atoms with Crippen LogP contribution in [0.4, 0.5) is 0 Å². The fraction of sp³-hybridized carbons (Fsp3) is 0.700. The van der Waals surface area contributed by atoms with Crippen molar-refractivity contribution < 1.29 is 14.5 Å². The summed E-state index contributed by atoms with van der Waals surface area (Å²) in [5.41, 5.74) is 0. The molecule has 15 heavy (non-hydrogen) atoms. The number of hydrogen-bond donors (Lipinski definition) is 0. The van der Waals surface area contributed by atoms with Gasteiger partial charge in [0, 0.05) is 10.8 Å². The summed E-state index contributed by atoms with van der Waals surface area (Å²) in [5, 5.41) is 10.9. The molecule has 0 spiro atoms. The zero-order valence-corrected chi connectivity index (χ0v) is 8.46. The lowest BCUT2D eigenvalue weighted by Gasteiger charge is -2.38. The monoisotopic (exact) mass is 211 g/mol. The molecule has 3 rings (SSSR count). The normalized spacial score (nSPS) is 37.7. The van der Waals surface area contributed by atoms with Gasteiger partial charge in [0.2, 0.25) is 6.04 Å². The first-order chi connectivity index (χ1) is 7.15. The quantitative estimate of drug-likeness (QED) is 0.296. The Bertz CT molecular complexity index is 325. The molecule has 3 aliphatic carbocycles. The highest BCUT2D eigenvalue weighted by atomic mass is 16.6. The molecule has 2 unspecified atom stereocenters. The van der Waals surface area contributed by atoms with Gasteiger partial charge in [-0.1, -0.05) is 12.2 Å². The molecule has 0 aromatic rings. The number of methoxy groups -OCH3 is 1. The summed E-state index contributed by atoms with van der Waals surface area (Å²) in [6.07, 6.45) is 5.46. The van der Waals surface area contributed by atoms with E-state index in [4.69, 9.17) is 0 Å². The Labute approximate surface area is 87.3 Å². The van der Waals surface area contributed by atoms with Crippen LogP contribution < -0.4 is 0 Å². The minimum absolute atomic E-state index is 0.0159. The average molecular weight is 211 g/mol. The van der Waals surface area contributed by atoms with Crippen molar-refractivity contribution in [2.45, 2.75) is 18.9 Å². The molecule has 1 saturated carbocycles. The van der Waals surface area contributed by atoms with Crippen LogP contribution in [0.1, 0.15) is 12.8 Å². The van der Waals surface area contributed by atoms with Gasteiger partial charge in [-0.3, -0.25) is 14.9 Å². The van der Waals surface area contributed by atoms with Gasteiger partial charge in [-0.2, -0.15) is 0 Å².